The van der Waals surface area contributed by atoms with Crippen LogP contribution in [-0.2, 0) is 11.2 Å². The van der Waals surface area contributed by atoms with Crippen molar-refractivity contribution in [2.45, 2.75) is 37.8 Å². The van der Waals surface area contributed by atoms with Gasteiger partial charge in [0, 0.05) is 34.3 Å². The highest BCUT2D eigenvalue weighted by atomic mass is 35.5. The first kappa shape index (κ1) is 28.8. The van der Waals surface area contributed by atoms with Gasteiger partial charge in [-0.1, -0.05) is 94.1 Å². The highest BCUT2D eigenvalue weighted by Crippen LogP contribution is 2.32. The number of hydrogen-bond acceptors (Lipinski definition) is 4. The average molecular weight is 608 g/mol. The number of aryl methyl sites for hydroxylation is 1. The number of thioether (sulfide) groups is 1. The van der Waals surface area contributed by atoms with Crippen molar-refractivity contribution >= 4 is 64.1 Å². The molecule has 0 fully saturated rings. The van der Waals surface area contributed by atoms with Crippen molar-refractivity contribution in [1.29, 1.82) is 0 Å². The molecule has 198 valence electrons. The van der Waals surface area contributed by atoms with Crippen LogP contribution in [0, 0.1) is 6.92 Å². The van der Waals surface area contributed by atoms with Crippen molar-refractivity contribution in [3.05, 3.63) is 91.9 Å². The summed E-state index contributed by atoms with van der Waals surface area (Å²) in [6, 6.07) is 19.0. The molecule has 4 aromatic rings. The molecule has 0 aliphatic carbocycles. The zero-order valence-corrected chi connectivity index (χ0v) is 24.5. The summed E-state index contributed by atoms with van der Waals surface area (Å²) in [4.78, 5) is 12.3. The van der Waals surface area contributed by atoms with Gasteiger partial charge in [0.05, 0.1) is 15.7 Å². The van der Waals surface area contributed by atoms with Gasteiger partial charge in [-0.05, 0) is 62.1 Å². The maximum Gasteiger partial charge on any atom is 0.220 e. The number of benzene rings is 3. The SMILES string of the molecule is Cc1ccc(-c2nnc(SCCCCC(=O)NCCc3ccc(Cl)cc3Cl)n2-c2ccc(Cl)c(Cl)c2)cc1. The number of hydrogen-bond donors (Lipinski definition) is 1. The Morgan fingerprint density at radius 2 is 1.68 bits per heavy atom. The Bertz CT molecular complexity index is 1410. The summed E-state index contributed by atoms with van der Waals surface area (Å²) in [5.74, 6) is 1.55. The molecule has 0 unspecified atom stereocenters. The quantitative estimate of drug-likeness (QED) is 0.137. The molecule has 0 aliphatic heterocycles. The molecule has 38 heavy (non-hydrogen) atoms. The number of nitrogens with one attached hydrogen (secondary N) is 1. The molecule has 0 bridgehead atoms. The van der Waals surface area contributed by atoms with Crippen LogP contribution in [0.3, 0.4) is 0 Å². The predicted octanol–water partition coefficient (Wildman–Crippen LogP) is 8.48. The third-order valence-corrected chi connectivity index (χ3v) is 8.21. The molecule has 0 spiro atoms. The van der Waals surface area contributed by atoms with Crippen molar-refractivity contribution in [2.75, 3.05) is 12.3 Å². The molecule has 0 saturated carbocycles. The van der Waals surface area contributed by atoms with E-state index in [9.17, 15) is 4.79 Å². The first-order chi connectivity index (χ1) is 18.3. The van der Waals surface area contributed by atoms with Gasteiger partial charge in [0.25, 0.3) is 0 Å². The van der Waals surface area contributed by atoms with Crippen LogP contribution >= 0.6 is 58.2 Å². The van der Waals surface area contributed by atoms with Gasteiger partial charge in [-0.2, -0.15) is 0 Å². The number of rotatable bonds is 11. The second-order valence-electron chi connectivity index (χ2n) is 8.75. The lowest BCUT2D eigenvalue weighted by atomic mass is 10.1. The molecule has 1 amide bonds. The Hall–Kier alpha value is -2.22. The monoisotopic (exact) mass is 606 g/mol. The lowest BCUT2D eigenvalue weighted by Gasteiger charge is -2.11. The van der Waals surface area contributed by atoms with E-state index in [1.807, 2.05) is 54.0 Å². The van der Waals surface area contributed by atoms with E-state index in [0.29, 0.717) is 39.5 Å². The van der Waals surface area contributed by atoms with Gasteiger partial charge in [-0.15, -0.1) is 10.2 Å². The summed E-state index contributed by atoms with van der Waals surface area (Å²) in [7, 11) is 0. The lowest BCUT2D eigenvalue weighted by Crippen LogP contribution is -2.25. The Morgan fingerprint density at radius 1 is 0.895 bits per heavy atom. The fourth-order valence-corrected chi connectivity index (χ4v) is 5.56. The Balaban J connectivity index is 1.32. The zero-order chi connectivity index (χ0) is 27.1. The molecule has 5 nitrogen and oxygen atoms in total. The van der Waals surface area contributed by atoms with Crippen molar-refractivity contribution in [1.82, 2.24) is 20.1 Å². The normalized spacial score (nSPS) is 11.1. The summed E-state index contributed by atoms with van der Waals surface area (Å²) in [5.41, 5.74) is 3.92. The summed E-state index contributed by atoms with van der Waals surface area (Å²) >= 11 is 26.2. The topological polar surface area (TPSA) is 59.8 Å². The minimum atomic E-state index is 0.0284. The second kappa shape index (κ2) is 13.7. The van der Waals surface area contributed by atoms with Gasteiger partial charge in [-0.3, -0.25) is 9.36 Å². The van der Waals surface area contributed by atoms with E-state index in [0.717, 1.165) is 46.4 Å². The Morgan fingerprint density at radius 3 is 2.42 bits per heavy atom. The minimum absolute atomic E-state index is 0.0284. The average Bonchev–Trinajstić information content (AvgIpc) is 3.31. The van der Waals surface area contributed by atoms with Crippen molar-refractivity contribution < 1.29 is 4.79 Å². The molecular formula is C28H26Cl4N4OS. The molecule has 10 heteroatoms. The number of carbonyl (C=O) groups is 1. The Kier molecular flexibility index (Phi) is 10.4. The van der Waals surface area contributed by atoms with Gasteiger partial charge in [0.15, 0.2) is 11.0 Å². The number of carbonyl (C=O) groups excluding carboxylic acids is 1. The molecule has 0 saturated heterocycles. The molecule has 3 aromatic carbocycles. The van der Waals surface area contributed by atoms with Crippen molar-refractivity contribution in [3.63, 3.8) is 0 Å². The van der Waals surface area contributed by atoms with E-state index in [1.54, 1.807) is 30.0 Å². The summed E-state index contributed by atoms with van der Waals surface area (Å²) in [6.45, 7) is 2.58. The fraction of sp³-hybridized carbons (Fsp3) is 0.250. The van der Waals surface area contributed by atoms with E-state index >= 15 is 0 Å². The van der Waals surface area contributed by atoms with Crippen LogP contribution in [-0.4, -0.2) is 33.0 Å². The summed E-state index contributed by atoms with van der Waals surface area (Å²) in [6.07, 6.45) is 2.75. The Labute approximate surface area is 246 Å². The van der Waals surface area contributed by atoms with Gasteiger partial charge in [0.1, 0.15) is 0 Å². The smallest absolute Gasteiger partial charge is 0.220 e. The van der Waals surface area contributed by atoms with Crippen LogP contribution in [0.5, 0.6) is 0 Å². The molecule has 1 N–H and O–H groups in total. The van der Waals surface area contributed by atoms with E-state index in [-0.39, 0.29) is 5.91 Å². The first-order valence-electron chi connectivity index (χ1n) is 12.1. The van der Waals surface area contributed by atoms with E-state index in [4.69, 9.17) is 46.4 Å². The maximum atomic E-state index is 12.3. The number of unbranched alkanes of at least 4 members (excludes halogenated alkanes) is 1. The highest BCUT2D eigenvalue weighted by molar-refractivity contribution is 7.99. The number of halogens is 4. The van der Waals surface area contributed by atoms with Crippen LogP contribution in [0.4, 0.5) is 0 Å². The zero-order valence-electron chi connectivity index (χ0n) is 20.7. The highest BCUT2D eigenvalue weighted by Gasteiger charge is 2.17. The van der Waals surface area contributed by atoms with Crippen molar-refractivity contribution in [2.24, 2.45) is 0 Å². The molecule has 0 radical (unpaired) electrons. The minimum Gasteiger partial charge on any atom is -0.356 e. The number of aromatic nitrogens is 3. The van der Waals surface area contributed by atoms with Crippen LogP contribution in [0.1, 0.15) is 30.4 Å². The van der Waals surface area contributed by atoms with E-state index in [2.05, 4.69) is 15.5 Å². The summed E-state index contributed by atoms with van der Waals surface area (Å²) in [5, 5.41) is 14.8. The van der Waals surface area contributed by atoms with Gasteiger partial charge >= 0.3 is 0 Å². The lowest BCUT2D eigenvalue weighted by molar-refractivity contribution is -0.121. The van der Waals surface area contributed by atoms with Crippen LogP contribution in [0.25, 0.3) is 17.1 Å². The van der Waals surface area contributed by atoms with Crippen LogP contribution in [0.15, 0.2) is 65.8 Å². The van der Waals surface area contributed by atoms with E-state index in [1.165, 1.54) is 5.56 Å². The van der Waals surface area contributed by atoms with E-state index < -0.39 is 0 Å². The third kappa shape index (κ3) is 7.67. The second-order valence-corrected chi connectivity index (χ2v) is 11.5. The maximum absolute atomic E-state index is 12.3. The molecule has 4 rings (SSSR count). The van der Waals surface area contributed by atoms with Crippen LogP contribution in [0.2, 0.25) is 20.1 Å². The largest absolute Gasteiger partial charge is 0.356 e. The number of amides is 1. The fourth-order valence-electron chi connectivity index (χ4n) is 3.81. The van der Waals surface area contributed by atoms with Gasteiger partial charge in [0.2, 0.25) is 5.91 Å². The molecule has 0 aliphatic rings. The van der Waals surface area contributed by atoms with Gasteiger partial charge in [-0.25, -0.2) is 0 Å². The van der Waals surface area contributed by atoms with Crippen molar-refractivity contribution in [3.8, 4) is 17.1 Å². The molecule has 1 aromatic heterocycles. The molecule has 1 heterocycles. The van der Waals surface area contributed by atoms with Gasteiger partial charge < -0.3 is 5.32 Å². The molecular weight excluding hydrogens is 582 g/mol. The predicted molar refractivity (Wildman–Crippen MR) is 159 cm³/mol. The third-order valence-electron chi connectivity index (χ3n) is 5.87. The first-order valence-corrected chi connectivity index (χ1v) is 14.6. The van der Waals surface area contributed by atoms with Crippen LogP contribution < -0.4 is 5.32 Å². The standard InChI is InChI=1S/C28H26Cl4N4OS/c1-18-5-7-20(8-6-18)27-34-35-28(36(27)22-11-12-23(30)25(32)17-22)38-15-3-2-4-26(37)33-14-13-19-9-10-21(29)16-24(19)31/h5-12,16-17H,2-4,13-15H2,1H3,(H,33,37). The summed E-state index contributed by atoms with van der Waals surface area (Å²) < 4.78 is 1.99. The molecule has 0 atom stereocenters. The number of nitrogens with zero attached hydrogens (tertiary/aromatic N) is 3.